The van der Waals surface area contributed by atoms with Crippen LogP contribution in [0, 0.1) is 0 Å². The van der Waals surface area contributed by atoms with Crippen molar-refractivity contribution in [3.63, 3.8) is 0 Å². The van der Waals surface area contributed by atoms with E-state index in [1.165, 1.54) is 12.8 Å². The predicted octanol–water partition coefficient (Wildman–Crippen LogP) is 1.96. The molecule has 0 bridgehead atoms. The molecule has 3 heteroatoms. The summed E-state index contributed by atoms with van der Waals surface area (Å²) in [6, 6.07) is 0. The van der Waals surface area contributed by atoms with Crippen LogP contribution in [0.4, 0.5) is 0 Å². The van der Waals surface area contributed by atoms with E-state index in [-0.39, 0.29) is 0 Å². The number of nitrogens with zero attached hydrogens (tertiary/aromatic N) is 3. The average molecular weight is 111 g/mol. The summed E-state index contributed by atoms with van der Waals surface area (Å²) in [5.74, 6) is 0.909. The highest BCUT2D eigenvalue weighted by Crippen LogP contribution is 2.05. The molecule has 0 atom stereocenters. The molecule has 1 aliphatic rings. The number of hydrogen-bond donors (Lipinski definition) is 0. The molecule has 0 radical (unpaired) electrons. The summed E-state index contributed by atoms with van der Waals surface area (Å²) < 4.78 is 0. The first-order valence-corrected chi connectivity index (χ1v) is 2.91. The van der Waals surface area contributed by atoms with E-state index >= 15 is 0 Å². The van der Waals surface area contributed by atoms with Crippen molar-refractivity contribution in [1.82, 2.24) is 0 Å². The van der Waals surface area contributed by atoms with Gasteiger partial charge in [-0.1, -0.05) is 13.3 Å². The molecule has 1 rings (SSSR count). The second kappa shape index (κ2) is 2.55. The molecule has 0 fully saturated rings. The largest absolute Gasteiger partial charge is 0.177 e. The lowest BCUT2D eigenvalue weighted by atomic mass is 10.2. The molecule has 0 amide bonds. The minimum absolute atomic E-state index is 0.909. The summed E-state index contributed by atoms with van der Waals surface area (Å²) in [5, 5.41) is 10.7. The highest BCUT2D eigenvalue weighted by Gasteiger charge is 2.01. The smallest absolute Gasteiger partial charge is 0.113 e. The third-order valence-electron chi connectivity index (χ3n) is 1.07. The summed E-state index contributed by atoms with van der Waals surface area (Å²) in [7, 11) is 0. The van der Waals surface area contributed by atoms with Gasteiger partial charge in [0.1, 0.15) is 0 Å². The molecule has 0 aliphatic carbocycles. The molecule has 3 nitrogen and oxygen atoms in total. The molecular formula is C5H9N3. The molecule has 0 aromatic carbocycles. The summed E-state index contributed by atoms with van der Waals surface area (Å²) in [5.41, 5.74) is 0. The SMILES string of the molecule is CCCCC1=NN=N1. The molecule has 8 heavy (non-hydrogen) atoms. The number of amidine groups is 1. The highest BCUT2D eigenvalue weighted by atomic mass is 15.5. The van der Waals surface area contributed by atoms with E-state index in [1.807, 2.05) is 0 Å². The Hall–Kier alpha value is -0.730. The summed E-state index contributed by atoms with van der Waals surface area (Å²) in [6.07, 6.45) is 3.38. The van der Waals surface area contributed by atoms with Gasteiger partial charge in [0, 0.05) is 6.42 Å². The van der Waals surface area contributed by atoms with Crippen molar-refractivity contribution in [3.8, 4) is 0 Å². The zero-order valence-electron chi connectivity index (χ0n) is 4.96. The van der Waals surface area contributed by atoms with Crippen LogP contribution < -0.4 is 0 Å². The van der Waals surface area contributed by atoms with Gasteiger partial charge >= 0.3 is 0 Å². The van der Waals surface area contributed by atoms with Gasteiger partial charge in [-0.05, 0) is 11.6 Å². The maximum absolute atomic E-state index is 3.68. The van der Waals surface area contributed by atoms with Gasteiger partial charge in [0.2, 0.25) is 0 Å². The first kappa shape index (κ1) is 5.41. The lowest BCUT2D eigenvalue weighted by Crippen LogP contribution is -1.97. The molecule has 0 unspecified atom stereocenters. The molecule has 0 spiro atoms. The van der Waals surface area contributed by atoms with Crippen LogP contribution in [-0.2, 0) is 0 Å². The Morgan fingerprint density at radius 1 is 1.50 bits per heavy atom. The van der Waals surface area contributed by atoms with Gasteiger partial charge in [0.25, 0.3) is 0 Å². The second-order valence-electron chi connectivity index (χ2n) is 1.81. The molecule has 0 N–H and O–H groups in total. The summed E-state index contributed by atoms with van der Waals surface area (Å²) >= 11 is 0. The van der Waals surface area contributed by atoms with Crippen LogP contribution >= 0.6 is 0 Å². The molecule has 0 saturated carbocycles. The van der Waals surface area contributed by atoms with Crippen molar-refractivity contribution in [2.45, 2.75) is 26.2 Å². The topological polar surface area (TPSA) is 37.1 Å². The van der Waals surface area contributed by atoms with Crippen LogP contribution in [0.25, 0.3) is 0 Å². The fraction of sp³-hybridized carbons (Fsp3) is 0.800. The Labute approximate surface area is 48.5 Å². The van der Waals surface area contributed by atoms with Crippen LogP contribution in [-0.4, -0.2) is 5.84 Å². The van der Waals surface area contributed by atoms with Gasteiger partial charge in [-0.15, -0.1) is 10.2 Å². The van der Waals surface area contributed by atoms with Gasteiger partial charge in [-0.2, -0.15) is 0 Å². The molecular weight excluding hydrogens is 102 g/mol. The normalized spacial score (nSPS) is 15.4. The van der Waals surface area contributed by atoms with Crippen LogP contribution in [0.2, 0.25) is 0 Å². The standard InChI is InChI=1S/C5H9N3/c1-2-3-4-5-6-8-7-5/h2-4H2,1H3. The third kappa shape index (κ3) is 1.12. The van der Waals surface area contributed by atoms with Gasteiger partial charge in [0.15, 0.2) is 5.84 Å². The van der Waals surface area contributed by atoms with E-state index < -0.39 is 0 Å². The van der Waals surface area contributed by atoms with Gasteiger partial charge in [0.05, 0.1) is 0 Å². The first-order valence-electron chi connectivity index (χ1n) is 2.91. The minimum atomic E-state index is 0.909. The lowest BCUT2D eigenvalue weighted by molar-refractivity contribution is 0.803. The summed E-state index contributed by atoms with van der Waals surface area (Å²) in [6.45, 7) is 2.15. The maximum atomic E-state index is 3.68. The monoisotopic (exact) mass is 111 g/mol. The van der Waals surface area contributed by atoms with Gasteiger partial charge in [-0.3, -0.25) is 0 Å². The molecule has 1 aliphatic heterocycles. The lowest BCUT2D eigenvalue weighted by Gasteiger charge is -1.98. The Balaban J connectivity index is 2.03. The van der Waals surface area contributed by atoms with Crippen LogP contribution in [0.1, 0.15) is 26.2 Å². The zero-order valence-corrected chi connectivity index (χ0v) is 4.96. The molecule has 0 aromatic rings. The number of unbranched alkanes of at least 4 members (excludes halogenated alkanes) is 1. The van der Waals surface area contributed by atoms with Crippen molar-refractivity contribution < 1.29 is 0 Å². The Kier molecular flexibility index (Phi) is 1.72. The van der Waals surface area contributed by atoms with E-state index in [0.717, 1.165) is 12.3 Å². The van der Waals surface area contributed by atoms with Crippen molar-refractivity contribution in [2.75, 3.05) is 0 Å². The van der Waals surface area contributed by atoms with Crippen LogP contribution in [0.3, 0.4) is 0 Å². The maximum Gasteiger partial charge on any atom is 0.177 e. The van der Waals surface area contributed by atoms with Crippen molar-refractivity contribution >= 4 is 5.84 Å². The average Bonchev–Trinajstić information content (AvgIpc) is 1.63. The van der Waals surface area contributed by atoms with E-state index in [4.69, 9.17) is 0 Å². The Bertz CT molecular complexity index is 126. The van der Waals surface area contributed by atoms with Crippen LogP contribution in [0.5, 0.6) is 0 Å². The molecule has 44 valence electrons. The number of rotatable bonds is 3. The predicted molar refractivity (Wildman–Crippen MR) is 31.8 cm³/mol. The third-order valence-corrected chi connectivity index (χ3v) is 1.07. The Morgan fingerprint density at radius 2 is 2.25 bits per heavy atom. The first-order chi connectivity index (χ1) is 3.93. The fourth-order valence-electron chi connectivity index (χ4n) is 0.543. The van der Waals surface area contributed by atoms with Crippen molar-refractivity contribution in [1.29, 1.82) is 0 Å². The highest BCUT2D eigenvalue weighted by molar-refractivity contribution is 5.84. The number of hydrogen-bond acceptors (Lipinski definition) is 3. The van der Waals surface area contributed by atoms with E-state index in [9.17, 15) is 0 Å². The second-order valence-corrected chi connectivity index (χ2v) is 1.81. The zero-order chi connectivity index (χ0) is 5.82. The summed E-state index contributed by atoms with van der Waals surface area (Å²) in [4.78, 5) is 0. The molecule has 0 aromatic heterocycles. The fourth-order valence-corrected chi connectivity index (χ4v) is 0.543. The van der Waals surface area contributed by atoms with Crippen molar-refractivity contribution in [3.05, 3.63) is 0 Å². The molecule has 0 saturated heterocycles. The van der Waals surface area contributed by atoms with E-state index in [0.29, 0.717) is 0 Å². The molecule has 1 heterocycles. The quantitative estimate of drug-likeness (QED) is 0.534. The van der Waals surface area contributed by atoms with Crippen LogP contribution in [0.15, 0.2) is 15.4 Å². The Morgan fingerprint density at radius 3 is 2.62 bits per heavy atom. The van der Waals surface area contributed by atoms with E-state index in [2.05, 4.69) is 22.4 Å². The van der Waals surface area contributed by atoms with E-state index in [1.54, 1.807) is 0 Å². The van der Waals surface area contributed by atoms with Crippen molar-refractivity contribution in [2.24, 2.45) is 15.4 Å². The van der Waals surface area contributed by atoms with Gasteiger partial charge in [-0.25, -0.2) is 0 Å². The minimum Gasteiger partial charge on any atom is -0.113 e. The van der Waals surface area contributed by atoms with Gasteiger partial charge < -0.3 is 0 Å².